The fraction of sp³-hybridized carbons (Fsp3) is 0.700. The second kappa shape index (κ2) is 5.51. The molecule has 0 saturated heterocycles. The molecule has 1 amide bonds. The van der Waals surface area contributed by atoms with Crippen molar-refractivity contribution in [3.63, 3.8) is 0 Å². The maximum absolute atomic E-state index is 11.1. The molecule has 80 valence electrons. The Morgan fingerprint density at radius 2 is 2.14 bits per heavy atom. The zero-order chi connectivity index (χ0) is 11.2. The Balaban J connectivity index is 3.79. The molecule has 0 aliphatic heterocycles. The largest absolute Gasteiger partial charge is 0.444 e. The van der Waals surface area contributed by atoms with Crippen molar-refractivity contribution in [2.45, 2.75) is 39.4 Å². The van der Waals surface area contributed by atoms with Gasteiger partial charge in [-0.25, -0.2) is 4.79 Å². The monoisotopic (exact) mass is 199 g/mol. The average Bonchev–Trinajstić information content (AvgIpc) is 1.98. The number of nitrogens with one attached hydrogen (secondary N) is 1. The van der Waals surface area contributed by atoms with Gasteiger partial charge in [-0.3, -0.25) is 0 Å². The van der Waals surface area contributed by atoms with Crippen molar-refractivity contribution < 1.29 is 14.6 Å². The van der Waals surface area contributed by atoms with E-state index in [2.05, 4.69) is 17.2 Å². The highest BCUT2D eigenvalue weighted by Gasteiger charge is 2.16. The van der Waals surface area contributed by atoms with Crippen LogP contribution in [0, 0.1) is 11.8 Å². The lowest BCUT2D eigenvalue weighted by molar-refractivity contribution is 0.0507. The van der Waals surface area contributed by atoms with Gasteiger partial charge in [-0.15, -0.1) is 5.92 Å². The SMILES string of the molecule is CC#CC(O)CNC(=O)OC(C)(C)C. The summed E-state index contributed by atoms with van der Waals surface area (Å²) in [6.45, 7) is 7.02. The number of ether oxygens (including phenoxy) is 1. The number of rotatable bonds is 2. The van der Waals surface area contributed by atoms with Crippen LogP contribution in [0.1, 0.15) is 27.7 Å². The molecule has 4 heteroatoms. The smallest absolute Gasteiger partial charge is 0.407 e. The van der Waals surface area contributed by atoms with E-state index < -0.39 is 17.8 Å². The molecule has 0 aliphatic carbocycles. The summed E-state index contributed by atoms with van der Waals surface area (Å²) in [5.41, 5.74) is -0.522. The molecule has 0 aromatic carbocycles. The van der Waals surface area contributed by atoms with E-state index in [1.165, 1.54) is 0 Å². The summed E-state index contributed by atoms with van der Waals surface area (Å²) in [4.78, 5) is 11.1. The number of amides is 1. The van der Waals surface area contributed by atoms with Crippen LogP contribution in [0.25, 0.3) is 0 Å². The van der Waals surface area contributed by atoms with Gasteiger partial charge >= 0.3 is 6.09 Å². The third-order valence-electron chi connectivity index (χ3n) is 1.15. The number of hydrogen-bond acceptors (Lipinski definition) is 3. The predicted octanol–water partition coefficient (Wildman–Crippen LogP) is 0.895. The lowest BCUT2D eigenvalue weighted by atomic mass is 10.2. The standard InChI is InChI=1S/C10H17NO3/c1-5-6-8(12)7-11-9(13)14-10(2,3)4/h8,12H,7H2,1-4H3,(H,11,13). The Kier molecular flexibility index (Phi) is 5.03. The summed E-state index contributed by atoms with van der Waals surface area (Å²) in [7, 11) is 0. The van der Waals surface area contributed by atoms with Crippen molar-refractivity contribution in [1.29, 1.82) is 0 Å². The van der Waals surface area contributed by atoms with E-state index in [4.69, 9.17) is 9.84 Å². The summed E-state index contributed by atoms with van der Waals surface area (Å²) >= 11 is 0. The molecule has 0 aromatic heterocycles. The minimum Gasteiger partial charge on any atom is -0.444 e. The maximum atomic E-state index is 11.1. The summed E-state index contributed by atoms with van der Waals surface area (Å²) in [6.07, 6.45) is -1.39. The summed E-state index contributed by atoms with van der Waals surface area (Å²) in [5.74, 6) is 5.05. The van der Waals surface area contributed by atoms with Gasteiger partial charge in [-0.1, -0.05) is 5.92 Å². The molecular formula is C10H17NO3. The number of carbonyl (C=O) groups excluding carboxylic acids is 1. The van der Waals surface area contributed by atoms with Crippen LogP contribution in [0.2, 0.25) is 0 Å². The summed E-state index contributed by atoms with van der Waals surface area (Å²) in [5, 5.41) is 11.6. The van der Waals surface area contributed by atoms with E-state index in [9.17, 15) is 4.79 Å². The molecule has 0 aromatic rings. The normalized spacial score (nSPS) is 12.4. The van der Waals surface area contributed by atoms with Gasteiger partial charge in [0.1, 0.15) is 11.7 Å². The molecule has 0 radical (unpaired) electrons. The second-order valence-electron chi connectivity index (χ2n) is 3.79. The van der Waals surface area contributed by atoms with Gasteiger partial charge in [0, 0.05) is 0 Å². The van der Waals surface area contributed by atoms with E-state index in [0.717, 1.165) is 0 Å². The molecular weight excluding hydrogens is 182 g/mol. The van der Waals surface area contributed by atoms with E-state index in [1.807, 2.05) is 0 Å². The molecule has 0 bridgehead atoms. The van der Waals surface area contributed by atoms with Gasteiger partial charge in [0.05, 0.1) is 6.54 Å². The van der Waals surface area contributed by atoms with E-state index in [1.54, 1.807) is 27.7 Å². The summed E-state index contributed by atoms with van der Waals surface area (Å²) < 4.78 is 4.96. The van der Waals surface area contributed by atoms with Crippen LogP contribution in [0.5, 0.6) is 0 Å². The molecule has 0 spiro atoms. The Morgan fingerprint density at radius 3 is 2.57 bits per heavy atom. The van der Waals surface area contributed by atoms with Gasteiger partial charge in [0.15, 0.2) is 0 Å². The number of alkyl carbamates (subject to hydrolysis) is 1. The molecule has 0 fully saturated rings. The summed E-state index contributed by atoms with van der Waals surface area (Å²) in [6, 6.07) is 0. The second-order valence-corrected chi connectivity index (χ2v) is 3.79. The fourth-order valence-corrected chi connectivity index (χ4v) is 0.712. The highest BCUT2D eigenvalue weighted by Crippen LogP contribution is 2.06. The van der Waals surface area contributed by atoms with Gasteiger partial charge in [0.25, 0.3) is 0 Å². The topological polar surface area (TPSA) is 58.6 Å². The predicted molar refractivity (Wildman–Crippen MR) is 53.7 cm³/mol. The van der Waals surface area contributed by atoms with Crippen molar-refractivity contribution >= 4 is 6.09 Å². The average molecular weight is 199 g/mol. The first-order chi connectivity index (χ1) is 6.35. The van der Waals surface area contributed by atoms with Gasteiger partial charge in [-0.2, -0.15) is 0 Å². The molecule has 2 N–H and O–H groups in total. The first-order valence-electron chi connectivity index (χ1n) is 4.42. The van der Waals surface area contributed by atoms with Crippen LogP contribution in [-0.4, -0.2) is 29.4 Å². The zero-order valence-corrected chi connectivity index (χ0v) is 9.05. The third kappa shape index (κ3) is 7.44. The Labute approximate surface area is 84.6 Å². The molecule has 0 saturated carbocycles. The Morgan fingerprint density at radius 1 is 1.57 bits per heavy atom. The van der Waals surface area contributed by atoms with Crippen molar-refractivity contribution in [2.75, 3.05) is 6.54 Å². The fourth-order valence-electron chi connectivity index (χ4n) is 0.712. The molecule has 4 nitrogen and oxygen atoms in total. The molecule has 1 atom stereocenters. The minimum atomic E-state index is -0.840. The highest BCUT2D eigenvalue weighted by atomic mass is 16.6. The van der Waals surface area contributed by atoms with Crippen LogP contribution < -0.4 is 5.32 Å². The Bertz CT molecular complexity index is 244. The van der Waals surface area contributed by atoms with Crippen LogP contribution in [0.4, 0.5) is 4.79 Å². The first-order valence-corrected chi connectivity index (χ1v) is 4.42. The molecule has 0 aliphatic rings. The molecule has 1 unspecified atom stereocenters. The lowest BCUT2D eigenvalue weighted by Crippen LogP contribution is -2.36. The zero-order valence-electron chi connectivity index (χ0n) is 9.05. The van der Waals surface area contributed by atoms with E-state index >= 15 is 0 Å². The van der Waals surface area contributed by atoms with Crippen molar-refractivity contribution in [3.05, 3.63) is 0 Å². The van der Waals surface area contributed by atoms with Crippen molar-refractivity contribution in [3.8, 4) is 11.8 Å². The van der Waals surface area contributed by atoms with Gasteiger partial charge in [0.2, 0.25) is 0 Å². The van der Waals surface area contributed by atoms with Crippen LogP contribution in [0.15, 0.2) is 0 Å². The molecule has 14 heavy (non-hydrogen) atoms. The van der Waals surface area contributed by atoms with Crippen molar-refractivity contribution in [1.82, 2.24) is 5.32 Å². The van der Waals surface area contributed by atoms with E-state index in [-0.39, 0.29) is 6.54 Å². The van der Waals surface area contributed by atoms with Gasteiger partial charge < -0.3 is 15.2 Å². The first kappa shape index (κ1) is 12.8. The Hall–Kier alpha value is -1.21. The van der Waals surface area contributed by atoms with Crippen LogP contribution in [-0.2, 0) is 4.74 Å². The third-order valence-corrected chi connectivity index (χ3v) is 1.15. The van der Waals surface area contributed by atoms with Gasteiger partial charge in [-0.05, 0) is 27.7 Å². The number of aliphatic hydroxyl groups excluding tert-OH is 1. The quantitative estimate of drug-likeness (QED) is 0.649. The highest BCUT2D eigenvalue weighted by molar-refractivity contribution is 5.67. The molecule has 0 rings (SSSR count). The number of aliphatic hydroxyl groups is 1. The van der Waals surface area contributed by atoms with E-state index in [0.29, 0.717) is 0 Å². The van der Waals surface area contributed by atoms with Crippen molar-refractivity contribution in [2.24, 2.45) is 0 Å². The van der Waals surface area contributed by atoms with Crippen LogP contribution >= 0.6 is 0 Å². The number of hydrogen-bond donors (Lipinski definition) is 2. The minimum absolute atomic E-state index is 0.0791. The number of carbonyl (C=O) groups is 1. The van der Waals surface area contributed by atoms with Crippen LogP contribution in [0.3, 0.4) is 0 Å². The molecule has 0 heterocycles. The lowest BCUT2D eigenvalue weighted by Gasteiger charge is -2.19. The maximum Gasteiger partial charge on any atom is 0.407 e.